The summed E-state index contributed by atoms with van der Waals surface area (Å²) in [6.07, 6.45) is 10.3. The molecule has 2 rings (SSSR count). The number of nitrogens with one attached hydrogen (secondary N) is 2. The first-order valence-corrected chi connectivity index (χ1v) is 8.21. The van der Waals surface area contributed by atoms with Crippen molar-refractivity contribution >= 4 is 23.0 Å². The number of nitrogens with zero attached hydrogens (tertiary/aromatic N) is 1. The van der Waals surface area contributed by atoms with Gasteiger partial charge in [0.2, 0.25) is 0 Å². The van der Waals surface area contributed by atoms with E-state index in [0.717, 1.165) is 0 Å². The van der Waals surface area contributed by atoms with Crippen LogP contribution in [0.1, 0.15) is 65.2 Å². The molecule has 19 heavy (non-hydrogen) atoms. The summed E-state index contributed by atoms with van der Waals surface area (Å²) < 4.78 is 0. The summed E-state index contributed by atoms with van der Waals surface area (Å²) in [7, 11) is 0. The van der Waals surface area contributed by atoms with Gasteiger partial charge >= 0.3 is 0 Å². The Morgan fingerprint density at radius 1 is 1.00 bits per heavy atom. The molecule has 2 atom stereocenters. The van der Waals surface area contributed by atoms with Crippen molar-refractivity contribution in [2.75, 3.05) is 0 Å². The average Bonchev–Trinajstić information content (AvgIpc) is 2.39. The molecule has 108 valence electrons. The second kappa shape index (κ2) is 7.22. The van der Waals surface area contributed by atoms with Crippen molar-refractivity contribution in [1.82, 2.24) is 10.7 Å². The lowest BCUT2D eigenvalue weighted by atomic mass is 9.81. The quantitative estimate of drug-likeness (QED) is 0.600. The van der Waals surface area contributed by atoms with Crippen LogP contribution in [0.3, 0.4) is 0 Å². The predicted octanol–water partition coefficient (Wildman–Crippen LogP) is 3.60. The zero-order chi connectivity index (χ0) is 13.7. The first kappa shape index (κ1) is 14.8. The van der Waals surface area contributed by atoms with Crippen molar-refractivity contribution in [3.63, 3.8) is 0 Å². The SMILES string of the molecule is C[C@@H]1CCC[C@@H](C)C1=NNC(=S)NC1CCCCC1. The van der Waals surface area contributed by atoms with E-state index >= 15 is 0 Å². The minimum absolute atomic E-state index is 0.551. The van der Waals surface area contributed by atoms with Gasteiger partial charge in [-0.05, 0) is 49.7 Å². The third-order valence-electron chi connectivity index (χ3n) is 4.51. The molecule has 0 spiro atoms. The zero-order valence-corrected chi connectivity index (χ0v) is 13.1. The standard InChI is InChI=1S/C15H27N3S/c1-11-7-6-8-12(2)14(11)17-18-15(19)16-13-9-4-3-5-10-13/h11-13H,3-10H2,1-2H3,(H2,16,18,19)/t11-,12-/m1/s1. The highest BCUT2D eigenvalue weighted by molar-refractivity contribution is 7.80. The van der Waals surface area contributed by atoms with Gasteiger partial charge in [-0.2, -0.15) is 5.10 Å². The lowest BCUT2D eigenvalue weighted by Gasteiger charge is -2.27. The fourth-order valence-electron chi connectivity index (χ4n) is 3.31. The van der Waals surface area contributed by atoms with Crippen molar-refractivity contribution in [2.24, 2.45) is 16.9 Å². The maximum Gasteiger partial charge on any atom is 0.187 e. The van der Waals surface area contributed by atoms with Crippen LogP contribution < -0.4 is 10.7 Å². The van der Waals surface area contributed by atoms with Gasteiger partial charge in [0, 0.05) is 11.8 Å². The summed E-state index contributed by atoms with van der Waals surface area (Å²) in [4.78, 5) is 0. The minimum atomic E-state index is 0.551. The van der Waals surface area contributed by atoms with E-state index in [-0.39, 0.29) is 0 Å². The molecule has 0 saturated heterocycles. The van der Waals surface area contributed by atoms with E-state index in [2.05, 4.69) is 29.7 Å². The van der Waals surface area contributed by atoms with Gasteiger partial charge < -0.3 is 5.32 Å². The van der Waals surface area contributed by atoms with Crippen LogP contribution >= 0.6 is 12.2 Å². The van der Waals surface area contributed by atoms with Crippen LogP contribution in [-0.2, 0) is 0 Å². The van der Waals surface area contributed by atoms with E-state index < -0.39 is 0 Å². The number of thiocarbonyl (C=S) groups is 1. The van der Waals surface area contributed by atoms with Gasteiger partial charge in [-0.25, -0.2) is 0 Å². The molecule has 2 aliphatic rings. The van der Waals surface area contributed by atoms with Crippen molar-refractivity contribution in [1.29, 1.82) is 0 Å². The van der Waals surface area contributed by atoms with Crippen LogP contribution in [0.15, 0.2) is 5.10 Å². The Hall–Kier alpha value is -0.640. The lowest BCUT2D eigenvalue weighted by molar-refractivity contribution is 0.412. The molecule has 2 aliphatic carbocycles. The van der Waals surface area contributed by atoms with Gasteiger partial charge in [-0.3, -0.25) is 5.43 Å². The van der Waals surface area contributed by atoms with Crippen LogP contribution in [0.4, 0.5) is 0 Å². The first-order chi connectivity index (χ1) is 9.16. The maximum atomic E-state index is 5.35. The molecule has 0 heterocycles. The second-order valence-electron chi connectivity index (χ2n) is 6.19. The number of hydrogen-bond acceptors (Lipinski definition) is 2. The van der Waals surface area contributed by atoms with E-state index in [1.165, 1.54) is 57.1 Å². The Morgan fingerprint density at radius 2 is 1.63 bits per heavy atom. The molecule has 3 nitrogen and oxygen atoms in total. The van der Waals surface area contributed by atoms with Crippen LogP contribution in [0.25, 0.3) is 0 Å². The monoisotopic (exact) mass is 281 g/mol. The smallest absolute Gasteiger partial charge is 0.187 e. The van der Waals surface area contributed by atoms with E-state index in [4.69, 9.17) is 12.2 Å². The van der Waals surface area contributed by atoms with E-state index in [0.29, 0.717) is 23.0 Å². The second-order valence-corrected chi connectivity index (χ2v) is 6.60. The Morgan fingerprint density at radius 3 is 2.26 bits per heavy atom. The summed E-state index contributed by atoms with van der Waals surface area (Å²) in [6.45, 7) is 4.54. The van der Waals surface area contributed by atoms with Crippen molar-refractivity contribution in [3.05, 3.63) is 0 Å². The van der Waals surface area contributed by atoms with Gasteiger partial charge in [0.1, 0.15) is 0 Å². The fourth-order valence-corrected chi connectivity index (χ4v) is 3.52. The molecule has 0 aliphatic heterocycles. The molecule has 0 aromatic heterocycles. The topological polar surface area (TPSA) is 36.4 Å². The largest absolute Gasteiger partial charge is 0.359 e. The van der Waals surface area contributed by atoms with E-state index in [1.807, 2.05) is 0 Å². The van der Waals surface area contributed by atoms with Gasteiger partial charge in [-0.15, -0.1) is 0 Å². The van der Waals surface area contributed by atoms with Gasteiger partial charge in [-0.1, -0.05) is 39.5 Å². The van der Waals surface area contributed by atoms with Crippen molar-refractivity contribution < 1.29 is 0 Å². The Balaban J connectivity index is 1.80. The molecular weight excluding hydrogens is 254 g/mol. The Bertz CT molecular complexity index is 322. The molecule has 0 unspecified atom stereocenters. The number of hydrazone groups is 1. The molecule has 2 fully saturated rings. The number of hydrogen-bond donors (Lipinski definition) is 2. The lowest BCUT2D eigenvalue weighted by Crippen LogP contribution is -2.41. The fraction of sp³-hybridized carbons (Fsp3) is 0.867. The Labute approximate surface area is 122 Å². The Kier molecular flexibility index (Phi) is 5.61. The summed E-state index contributed by atoms with van der Waals surface area (Å²) in [5.41, 5.74) is 4.36. The van der Waals surface area contributed by atoms with Gasteiger partial charge in [0.25, 0.3) is 0 Å². The molecule has 0 radical (unpaired) electrons. The van der Waals surface area contributed by atoms with E-state index in [9.17, 15) is 0 Å². The van der Waals surface area contributed by atoms with Gasteiger partial charge in [0.05, 0.1) is 0 Å². The predicted molar refractivity (Wildman–Crippen MR) is 85.4 cm³/mol. The zero-order valence-electron chi connectivity index (χ0n) is 12.2. The molecular formula is C15H27N3S. The first-order valence-electron chi connectivity index (χ1n) is 7.81. The van der Waals surface area contributed by atoms with Crippen molar-refractivity contribution in [3.8, 4) is 0 Å². The molecule has 0 bridgehead atoms. The number of rotatable bonds is 2. The van der Waals surface area contributed by atoms with Gasteiger partial charge in [0.15, 0.2) is 5.11 Å². The van der Waals surface area contributed by atoms with E-state index in [1.54, 1.807) is 0 Å². The highest BCUT2D eigenvalue weighted by atomic mass is 32.1. The molecule has 0 amide bonds. The van der Waals surface area contributed by atoms with Crippen LogP contribution in [-0.4, -0.2) is 16.9 Å². The summed E-state index contributed by atoms with van der Waals surface area (Å²) in [5, 5.41) is 8.67. The average molecular weight is 281 g/mol. The van der Waals surface area contributed by atoms with Crippen LogP contribution in [0.5, 0.6) is 0 Å². The molecule has 2 N–H and O–H groups in total. The molecule has 0 aromatic carbocycles. The third-order valence-corrected chi connectivity index (χ3v) is 4.72. The molecule has 4 heteroatoms. The summed E-state index contributed by atoms with van der Waals surface area (Å²) in [6, 6.07) is 0.551. The van der Waals surface area contributed by atoms with Crippen LogP contribution in [0, 0.1) is 11.8 Å². The highest BCUT2D eigenvalue weighted by Crippen LogP contribution is 2.25. The summed E-state index contributed by atoms with van der Waals surface area (Å²) in [5.74, 6) is 1.18. The maximum absolute atomic E-state index is 5.35. The van der Waals surface area contributed by atoms with Crippen LogP contribution in [0.2, 0.25) is 0 Å². The molecule has 0 aromatic rings. The van der Waals surface area contributed by atoms with Crippen molar-refractivity contribution in [2.45, 2.75) is 71.3 Å². The highest BCUT2D eigenvalue weighted by Gasteiger charge is 2.23. The summed E-state index contributed by atoms with van der Waals surface area (Å²) >= 11 is 5.35. The normalized spacial score (nSPS) is 28.8. The third kappa shape index (κ3) is 4.44. The minimum Gasteiger partial charge on any atom is -0.359 e. The molecule has 2 saturated carbocycles.